The van der Waals surface area contributed by atoms with Crippen LogP contribution in [0.4, 0.5) is 0 Å². The molecule has 1 unspecified atom stereocenters. The molecule has 0 aliphatic carbocycles. The van der Waals surface area contributed by atoms with Crippen LogP contribution < -0.4 is 5.32 Å². The van der Waals surface area contributed by atoms with Gasteiger partial charge in [0.05, 0.1) is 18.1 Å². The Balaban J connectivity index is 2.52. The van der Waals surface area contributed by atoms with Gasteiger partial charge in [0.25, 0.3) is 0 Å². The molecule has 3 nitrogen and oxygen atoms in total. The highest BCUT2D eigenvalue weighted by Gasteiger charge is 2.12. The number of allylic oxidation sites excluding steroid dienone is 1. The molecule has 1 rings (SSSR count). The van der Waals surface area contributed by atoms with Gasteiger partial charge in [0, 0.05) is 13.2 Å². The molecule has 0 aliphatic heterocycles. The first-order valence-corrected chi connectivity index (χ1v) is 6.10. The van der Waals surface area contributed by atoms with E-state index in [-0.39, 0.29) is 0 Å². The second-order valence-corrected chi connectivity index (χ2v) is 4.19. The van der Waals surface area contributed by atoms with E-state index < -0.39 is 0 Å². The molecule has 0 bridgehead atoms. The van der Waals surface area contributed by atoms with Crippen LogP contribution in [0.1, 0.15) is 44.3 Å². The number of hydrogen-bond acceptors (Lipinski definition) is 2. The third kappa shape index (κ3) is 4.19. The van der Waals surface area contributed by atoms with Gasteiger partial charge in [-0.25, -0.2) is 4.98 Å². The molecule has 90 valence electrons. The molecule has 1 aromatic heterocycles. The van der Waals surface area contributed by atoms with E-state index in [1.165, 1.54) is 6.42 Å². The summed E-state index contributed by atoms with van der Waals surface area (Å²) >= 11 is 0. The molecule has 0 amide bonds. The molecular formula is C13H23N3. The van der Waals surface area contributed by atoms with Crippen LogP contribution in [0.15, 0.2) is 25.2 Å². The summed E-state index contributed by atoms with van der Waals surface area (Å²) in [5.41, 5.74) is 1.15. The zero-order valence-corrected chi connectivity index (χ0v) is 10.4. The molecule has 0 radical (unpaired) electrons. The first-order valence-electron chi connectivity index (χ1n) is 6.10. The van der Waals surface area contributed by atoms with Crippen molar-refractivity contribution in [3.05, 3.63) is 30.9 Å². The Bertz CT molecular complexity index is 304. The fraction of sp³-hybridized carbons (Fsp3) is 0.615. The number of hydrogen-bond donors (Lipinski definition) is 1. The van der Waals surface area contributed by atoms with Crippen molar-refractivity contribution in [3.8, 4) is 0 Å². The fourth-order valence-electron chi connectivity index (χ4n) is 1.75. The Labute approximate surface area is 98.6 Å². The highest BCUT2D eigenvalue weighted by atomic mass is 15.0. The van der Waals surface area contributed by atoms with Crippen molar-refractivity contribution in [2.75, 3.05) is 6.54 Å². The predicted molar refractivity (Wildman–Crippen MR) is 68.3 cm³/mol. The summed E-state index contributed by atoms with van der Waals surface area (Å²) in [6.45, 7) is 6.99. The lowest BCUT2D eigenvalue weighted by Gasteiger charge is -2.15. The first kappa shape index (κ1) is 13.0. The largest absolute Gasteiger partial charge is 0.340 e. The summed E-state index contributed by atoms with van der Waals surface area (Å²) in [6, 6.07) is 0.390. The molecular weight excluding hydrogens is 198 g/mol. The van der Waals surface area contributed by atoms with Crippen LogP contribution in [0.2, 0.25) is 0 Å². The average Bonchev–Trinajstić information content (AvgIpc) is 2.70. The summed E-state index contributed by atoms with van der Waals surface area (Å²) in [5, 5.41) is 3.55. The van der Waals surface area contributed by atoms with E-state index in [2.05, 4.69) is 30.0 Å². The molecule has 0 saturated heterocycles. The molecule has 0 spiro atoms. The second kappa shape index (κ2) is 7.23. The van der Waals surface area contributed by atoms with Crippen molar-refractivity contribution in [1.82, 2.24) is 14.9 Å². The first-order chi connectivity index (χ1) is 7.77. The van der Waals surface area contributed by atoms with Gasteiger partial charge in [0.15, 0.2) is 0 Å². The quantitative estimate of drug-likeness (QED) is 0.540. The molecule has 1 atom stereocenters. The summed E-state index contributed by atoms with van der Waals surface area (Å²) in [6.07, 6.45) is 10.5. The molecule has 0 aliphatic rings. The number of aryl methyl sites for hydroxylation is 1. The highest BCUT2D eigenvalue weighted by Crippen LogP contribution is 2.17. The molecule has 1 aromatic rings. The lowest BCUT2D eigenvalue weighted by atomic mass is 10.1. The normalized spacial score (nSPS) is 12.6. The Morgan fingerprint density at radius 1 is 1.62 bits per heavy atom. The fourth-order valence-corrected chi connectivity index (χ4v) is 1.75. The van der Waals surface area contributed by atoms with Gasteiger partial charge in [-0.2, -0.15) is 0 Å². The third-order valence-corrected chi connectivity index (χ3v) is 2.62. The average molecular weight is 221 g/mol. The minimum Gasteiger partial charge on any atom is -0.340 e. The number of rotatable bonds is 8. The van der Waals surface area contributed by atoms with Crippen LogP contribution in [0.25, 0.3) is 0 Å². The third-order valence-electron chi connectivity index (χ3n) is 2.62. The van der Waals surface area contributed by atoms with Crippen LogP contribution >= 0.6 is 0 Å². The monoisotopic (exact) mass is 221 g/mol. The Morgan fingerprint density at radius 2 is 2.44 bits per heavy atom. The van der Waals surface area contributed by atoms with Crippen molar-refractivity contribution in [2.24, 2.45) is 7.05 Å². The van der Waals surface area contributed by atoms with Crippen LogP contribution in [0.3, 0.4) is 0 Å². The Morgan fingerprint density at radius 3 is 3.00 bits per heavy atom. The number of unbranched alkanes of at least 4 members (excludes halogenated alkanes) is 1. The van der Waals surface area contributed by atoms with Crippen molar-refractivity contribution in [3.63, 3.8) is 0 Å². The summed E-state index contributed by atoms with van der Waals surface area (Å²) in [5.74, 6) is 0. The predicted octanol–water partition coefficient (Wildman–Crippen LogP) is 2.82. The molecule has 1 N–H and O–H groups in total. The van der Waals surface area contributed by atoms with Gasteiger partial charge in [-0.15, -0.1) is 6.58 Å². The molecule has 1 heterocycles. The van der Waals surface area contributed by atoms with E-state index in [1.54, 1.807) is 0 Å². The van der Waals surface area contributed by atoms with Crippen LogP contribution in [0.5, 0.6) is 0 Å². The number of imidazole rings is 1. The SMILES string of the molecule is C=CCCCC(NCCC)c1cn(C)cn1. The number of aromatic nitrogens is 2. The lowest BCUT2D eigenvalue weighted by Crippen LogP contribution is -2.22. The van der Waals surface area contributed by atoms with Crippen LogP contribution in [-0.2, 0) is 7.05 Å². The van der Waals surface area contributed by atoms with Gasteiger partial charge >= 0.3 is 0 Å². The van der Waals surface area contributed by atoms with E-state index >= 15 is 0 Å². The van der Waals surface area contributed by atoms with Gasteiger partial charge in [-0.3, -0.25) is 0 Å². The minimum atomic E-state index is 0.390. The standard InChI is InChI=1S/C13H23N3/c1-4-6-7-8-12(14-9-5-2)13-10-16(3)11-15-13/h4,10-12,14H,1,5-9H2,2-3H3. The summed E-state index contributed by atoms with van der Waals surface area (Å²) < 4.78 is 2.00. The van der Waals surface area contributed by atoms with Crippen LogP contribution in [-0.4, -0.2) is 16.1 Å². The van der Waals surface area contributed by atoms with Crippen LogP contribution in [0, 0.1) is 0 Å². The topological polar surface area (TPSA) is 29.9 Å². The highest BCUT2D eigenvalue weighted by molar-refractivity contribution is 5.03. The maximum absolute atomic E-state index is 4.42. The Kier molecular flexibility index (Phi) is 5.86. The number of nitrogens with one attached hydrogen (secondary N) is 1. The molecule has 0 aromatic carbocycles. The number of nitrogens with zero attached hydrogens (tertiary/aromatic N) is 2. The summed E-state index contributed by atoms with van der Waals surface area (Å²) in [4.78, 5) is 4.42. The van der Waals surface area contributed by atoms with Gasteiger partial charge in [0.1, 0.15) is 0 Å². The molecule has 0 fully saturated rings. The molecule has 0 saturated carbocycles. The second-order valence-electron chi connectivity index (χ2n) is 4.19. The van der Waals surface area contributed by atoms with Gasteiger partial charge < -0.3 is 9.88 Å². The van der Waals surface area contributed by atoms with Crippen molar-refractivity contribution >= 4 is 0 Å². The van der Waals surface area contributed by atoms with E-state index in [1.807, 2.05) is 24.0 Å². The van der Waals surface area contributed by atoms with Gasteiger partial charge in [0.2, 0.25) is 0 Å². The van der Waals surface area contributed by atoms with Gasteiger partial charge in [-0.05, 0) is 32.2 Å². The van der Waals surface area contributed by atoms with E-state index in [4.69, 9.17) is 0 Å². The summed E-state index contributed by atoms with van der Waals surface area (Å²) in [7, 11) is 2.01. The van der Waals surface area contributed by atoms with Crippen molar-refractivity contribution in [2.45, 2.75) is 38.6 Å². The van der Waals surface area contributed by atoms with Crippen molar-refractivity contribution in [1.29, 1.82) is 0 Å². The molecule has 3 heteroatoms. The maximum Gasteiger partial charge on any atom is 0.0947 e. The van der Waals surface area contributed by atoms with Gasteiger partial charge in [-0.1, -0.05) is 13.0 Å². The smallest absolute Gasteiger partial charge is 0.0947 e. The van der Waals surface area contributed by atoms with E-state index in [9.17, 15) is 0 Å². The zero-order chi connectivity index (χ0) is 11.8. The van der Waals surface area contributed by atoms with Crippen molar-refractivity contribution < 1.29 is 0 Å². The van der Waals surface area contributed by atoms with E-state index in [0.29, 0.717) is 6.04 Å². The Hall–Kier alpha value is -1.09. The lowest BCUT2D eigenvalue weighted by molar-refractivity contribution is 0.477. The minimum absolute atomic E-state index is 0.390. The van der Waals surface area contributed by atoms with E-state index in [0.717, 1.165) is 31.5 Å². The maximum atomic E-state index is 4.42. The zero-order valence-electron chi connectivity index (χ0n) is 10.4. The molecule has 16 heavy (non-hydrogen) atoms.